The minimum absolute atomic E-state index is 0.480. The summed E-state index contributed by atoms with van der Waals surface area (Å²) in [4.78, 5) is 9.91. The van der Waals surface area contributed by atoms with Crippen LogP contribution in [0.4, 0.5) is 22.7 Å². The fraction of sp³-hybridized carbons (Fsp3) is 0. The van der Waals surface area contributed by atoms with Crippen LogP contribution >= 0.6 is 0 Å². The van der Waals surface area contributed by atoms with Gasteiger partial charge in [0.25, 0.3) is 0 Å². The van der Waals surface area contributed by atoms with E-state index in [1.165, 1.54) is 17.1 Å². The molecule has 8 aromatic rings. The fourth-order valence-corrected chi connectivity index (χ4v) is 6.31. The maximum Gasteiger partial charge on any atom is 0.148 e. The molecule has 0 saturated heterocycles. The molecule has 0 fully saturated rings. The average Bonchev–Trinajstić information content (AvgIpc) is 3.09. The van der Waals surface area contributed by atoms with Crippen LogP contribution in [0, 0.1) is 0 Å². The largest absolute Gasteiger partial charge is 0.244 e. The second kappa shape index (κ2) is 10.3. The van der Waals surface area contributed by atoms with Crippen molar-refractivity contribution in [2.75, 3.05) is 0 Å². The van der Waals surface area contributed by atoms with Crippen molar-refractivity contribution in [3.8, 4) is 11.1 Å². The predicted molar refractivity (Wildman–Crippen MR) is 180 cm³/mol. The van der Waals surface area contributed by atoms with Gasteiger partial charge in [-0.3, -0.25) is 0 Å². The van der Waals surface area contributed by atoms with Crippen LogP contribution in [0.5, 0.6) is 0 Å². The molecule has 43 heavy (non-hydrogen) atoms. The van der Waals surface area contributed by atoms with Gasteiger partial charge < -0.3 is 0 Å². The highest BCUT2D eigenvalue weighted by atomic mass is 15.4. The highest BCUT2D eigenvalue weighted by molar-refractivity contribution is 6.07. The number of para-hydroxylation sites is 5. The number of quaternary nitrogens is 1. The molecule has 8 rings (SSSR count). The van der Waals surface area contributed by atoms with Gasteiger partial charge in [0.05, 0.1) is 22.1 Å². The number of rotatable bonds is 5. The van der Waals surface area contributed by atoms with E-state index in [0.717, 1.165) is 49.7 Å². The van der Waals surface area contributed by atoms with Crippen molar-refractivity contribution in [1.29, 1.82) is 0 Å². The van der Waals surface area contributed by atoms with Gasteiger partial charge in [-0.25, -0.2) is 9.97 Å². The third-order valence-electron chi connectivity index (χ3n) is 8.35. The maximum atomic E-state index is 5.02. The fourth-order valence-electron chi connectivity index (χ4n) is 6.31. The number of aromatic nitrogens is 2. The Morgan fingerprint density at radius 3 is 1.40 bits per heavy atom. The molecule has 3 heteroatoms. The SMILES string of the molecule is c1ccc([N+](c2ccccc2)(c2ccccc2)c2ccc(-c3ccc4ccc5nc6ccccc6nc5c4c3)cc2)cc1. The van der Waals surface area contributed by atoms with Gasteiger partial charge in [-0.2, -0.15) is 4.48 Å². The van der Waals surface area contributed by atoms with Crippen molar-refractivity contribution >= 4 is 55.6 Å². The molecule has 0 aliphatic rings. The first kappa shape index (κ1) is 25.1. The van der Waals surface area contributed by atoms with Gasteiger partial charge in [-0.15, -0.1) is 0 Å². The van der Waals surface area contributed by atoms with E-state index in [2.05, 4.69) is 146 Å². The van der Waals surface area contributed by atoms with Crippen molar-refractivity contribution in [3.63, 3.8) is 0 Å². The first-order chi connectivity index (χ1) is 21.3. The van der Waals surface area contributed by atoms with Crippen molar-refractivity contribution < 1.29 is 0 Å². The molecule has 0 radical (unpaired) electrons. The minimum Gasteiger partial charge on any atom is -0.244 e. The van der Waals surface area contributed by atoms with Gasteiger partial charge in [-0.1, -0.05) is 84.9 Å². The van der Waals surface area contributed by atoms with Crippen molar-refractivity contribution in [3.05, 3.63) is 170 Å². The average molecular weight is 551 g/mol. The zero-order valence-electron chi connectivity index (χ0n) is 23.5. The second-order valence-corrected chi connectivity index (χ2v) is 10.8. The molecule has 7 aromatic carbocycles. The van der Waals surface area contributed by atoms with Gasteiger partial charge in [0.2, 0.25) is 0 Å². The summed E-state index contributed by atoms with van der Waals surface area (Å²) < 4.78 is 0.480. The molecule has 1 aromatic heterocycles. The molecule has 202 valence electrons. The summed E-state index contributed by atoms with van der Waals surface area (Å²) in [5, 5.41) is 2.27. The molecule has 0 bridgehead atoms. The zero-order chi connectivity index (χ0) is 28.6. The summed E-state index contributed by atoms with van der Waals surface area (Å²) in [5.41, 5.74) is 10.7. The van der Waals surface area contributed by atoms with Crippen LogP contribution in [0.25, 0.3) is 44.0 Å². The lowest BCUT2D eigenvalue weighted by Gasteiger charge is -2.37. The van der Waals surface area contributed by atoms with E-state index in [1.807, 2.05) is 24.3 Å². The third-order valence-corrected chi connectivity index (χ3v) is 8.35. The molecular weight excluding hydrogens is 522 g/mol. The van der Waals surface area contributed by atoms with Crippen LogP contribution in [-0.2, 0) is 0 Å². The molecule has 3 nitrogen and oxygen atoms in total. The Bertz CT molecular complexity index is 2110. The summed E-state index contributed by atoms with van der Waals surface area (Å²) in [5.74, 6) is 0. The van der Waals surface area contributed by atoms with Crippen molar-refractivity contribution in [2.45, 2.75) is 0 Å². The summed E-state index contributed by atoms with van der Waals surface area (Å²) >= 11 is 0. The predicted octanol–water partition coefficient (Wildman–Crippen LogP) is 10.9. The molecule has 0 unspecified atom stereocenters. The number of nitrogens with zero attached hydrogens (tertiary/aromatic N) is 3. The summed E-state index contributed by atoms with van der Waals surface area (Å²) in [7, 11) is 0. The van der Waals surface area contributed by atoms with Crippen LogP contribution in [-0.4, -0.2) is 9.97 Å². The Labute approximate surface area is 250 Å². The van der Waals surface area contributed by atoms with Crippen molar-refractivity contribution in [2.24, 2.45) is 0 Å². The van der Waals surface area contributed by atoms with Crippen LogP contribution in [0.1, 0.15) is 0 Å². The summed E-state index contributed by atoms with van der Waals surface area (Å²) in [6.07, 6.45) is 0. The number of hydrogen-bond donors (Lipinski definition) is 0. The molecule has 0 spiro atoms. The molecule has 0 aliphatic carbocycles. The summed E-state index contributed by atoms with van der Waals surface area (Å²) in [6, 6.07) is 60.2. The van der Waals surface area contributed by atoms with Crippen LogP contribution in [0.2, 0.25) is 0 Å². The molecule has 1 heterocycles. The van der Waals surface area contributed by atoms with E-state index in [4.69, 9.17) is 9.97 Å². The van der Waals surface area contributed by atoms with Gasteiger partial charge in [0.15, 0.2) is 0 Å². The zero-order valence-corrected chi connectivity index (χ0v) is 23.5. The van der Waals surface area contributed by atoms with Gasteiger partial charge in [0.1, 0.15) is 22.7 Å². The van der Waals surface area contributed by atoms with Crippen molar-refractivity contribution in [1.82, 2.24) is 14.5 Å². The number of hydrogen-bond acceptors (Lipinski definition) is 2. The molecule has 0 aliphatic heterocycles. The van der Waals surface area contributed by atoms with Crippen LogP contribution < -0.4 is 4.48 Å². The smallest absolute Gasteiger partial charge is 0.148 e. The standard InChI is InChI=1S/C40H28N3/c1-4-12-32(13-5-1)43(33-14-6-2-7-15-33,34-16-8-3-9-17-34)35-25-22-29(23-26-35)31-21-20-30-24-27-39-40(36(30)28-31)42-38-19-11-10-18-37(38)41-39/h1-28H/q+1. The highest BCUT2D eigenvalue weighted by Gasteiger charge is 2.38. The van der Waals surface area contributed by atoms with E-state index in [9.17, 15) is 0 Å². The third kappa shape index (κ3) is 4.18. The molecule has 0 atom stereocenters. The van der Waals surface area contributed by atoms with Gasteiger partial charge in [-0.05, 0) is 52.9 Å². The monoisotopic (exact) mass is 550 g/mol. The van der Waals surface area contributed by atoms with E-state index >= 15 is 0 Å². The quantitative estimate of drug-likeness (QED) is 0.121. The van der Waals surface area contributed by atoms with Gasteiger partial charge >= 0.3 is 0 Å². The Kier molecular flexibility index (Phi) is 6.03. The first-order valence-corrected chi connectivity index (χ1v) is 14.6. The lowest BCUT2D eigenvalue weighted by molar-refractivity contribution is 0.704. The lowest BCUT2D eigenvalue weighted by atomic mass is 9.99. The van der Waals surface area contributed by atoms with E-state index < -0.39 is 0 Å². The Balaban J connectivity index is 1.30. The second-order valence-electron chi connectivity index (χ2n) is 10.8. The van der Waals surface area contributed by atoms with E-state index in [-0.39, 0.29) is 0 Å². The molecule has 0 saturated carbocycles. The molecule has 0 amide bonds. The lowest BCUT2D eigenvalue weighted by Crippen LogP contribution is -2.33. The van der Waals surface area contributed by atoms with Gasteiger partial charge in [0, 0.05) is 53.9 Å². The Morgan fingerprint density at radius 1 is 0.349 bits per heavy atom. The normalized spacial score (nSPS) is 11.7. The molecular formula is C40H28N3+. The van der Waals surface area contributed by atoms with E-state index in [0.29, 0.717) is 4.48 Å². The number of benzene rings is 7. The Hall–Kier alpha value is -5.64. The first-order valence-electron chi connectivity index (χ1n) is 14.6. The topological polar surface area (TPSA) is 25.8 Å². The minimum atomic E-state index is 0.480. The van der Waals surface area contributed by atoms with Crippen LogP contribution in [0.15, 0.2) is 170 Å². The highest BCUT2D eigenvalue weighted by Crippen LogP contribution is 2.51. The summed E-state index contributed by atoms with van der Waals surface area (Å²) in [6.45, 7) is 0. The maximum absolute atomic E-state index is 5.02. The molecule has 0 N–H and O–H groups in total. The van der Waals surface area contributed by atoms with Crippen LogP contribution in [0.3, 0.4) is 0 Å². The number of fused-ring (bicyclic) bond motifs is 4. The van der Waals surface area contributed by atoms with E-state index in [1.54, 1.807) is 0 Å². The Morgan fingerprint density at radius 2 is 0.814 bits per heavy atom.